The van der Waals surface area contributed by atoms with Gasteiger partial charge in [-0.3, -0.25) is 4.79 Å². The van der Waals surface area contributed by atoms with Gasteiger partial charge in [0.25, 0.3) is 5.91 Å². The number of benzene rings is 2. The molecule has 0 aliphatic carbocycles. The van der Waals surface area contributed by atoms with Crippen LogP contribution in [0.3, 0.4) is 0 Å². The largest absolute Gasteiger partial charge is 0.494 e. The summed E-state index contributed by atoms with van der Waals surface area (Å²) < 4.78 is 12.6. The number of nitrogens with one attached hydrogen (secondary N) is 1. The number of nitrogens with zero attached hydrogens (tertiary/aromatic N) is 3. The van der Waals surface area contributed by atoms with E-state index in [1.165, 1.54) is 11.3 Å². The third-order valence-electron chi connectivity index (χ3n) is 4.63. The highest BCUT2D eigenvalue weighted by Gasteiger charge is 2.15. The number of ether oxygens (including phenoxy) is 2. The molecule has 0 atom stereocenters. The molecular formula is C24H24N4O3S. The first kappa shape index (κ1) is 21.6. The van der Waals surface area contributed by atoms with Crippen LogP contribution < -0.4 is 14.8 Å². The smallest absolute Gasteiger partial charge is 0.256 e. The number of rotatable bonds is 8. The maximum atomic E-state index is 12.8. The number of carbonyl (C=O) groups is 1. The normalized spacial score (nSPS) is 10.7. The predicted molar refractivity (Wildman–Crippen MR) is 126 cm³/mol. The van der Waals surface area contributed by atoms with Crippen LogP contribution >= 0.6 is 11.3 Å². The zero-order valence-electron chi connectivity index (χ0n) is 18.2. The molecule has 0 aliphatic rings. The molecule has 2 heterocycles. The van der Waals surface area contributed by atoms with Gasteiger partial charge in [0, 0.05) is 22.6 Å². The molecule has 8 heteroatoms. The van der Waals surface area contributed by atoms with E-state index in [1.807, 2.05) is 56.5 Å². The highest BCUT2D eigenvalue weighted by molar-refractivity contribution is 7.12. The predicted octanol–water partition coefficient (Wildman–Crippen LogP) is 5.35. The lowest BCUT2D eigenvalue weighted by atomic mass is 10.2. The van der Waals surface area contributed by atoms with Crippen molar-refractivity contribution < 1.29 is 14.3 Å². The summed E-state index contributed by atoms with van der Waals surface area (Å²) in [6.07, 6.45) is 0. The van der Waals surface area contributed by atoms with Gasteiger partial charge in [-0.2, -0.15) is 9.78 Å². The van der Waals surface area contributed by atoms with Crippen molar-refractivity contribution in [3.63, 3.8) is 0 Å². The van der Waals surface area contributed by atoms with Crippen molar-refractivity contribution in [2.24, 2.45) is 0 Å². The molecule has 32 heavy (non-hydrogen) atoms. The van der Waals surface area contributed by atoms with Gasteiger partial charge in [-0.05, 0) is 69.3 Å². The standard InChI is InChI=1S/C24H24N4O3S/c1-4-30-19-10-6-17(7-11-19)21-15-32-24(25-21)28-22(14-16(3)27-28)26-23(29)18-8-12-20(13-9-18)31-5-2/h6-15H,4-5H2,1-3H3,(H,26,29). The lowest BCUT2D eigenvalue weighted by Gasteiger charge is -2.08. The van der Waals surface area contributed by atoms with Crippen molar-refractivity contribution in [3.05, 3.63) is 71.2 Å². The lowest BCUT2D eigenvalue weighted by molar-refractivity contribution is 0.102. The Kier molecular flexibility index (Phi) is 6.51. The number of carbonyl (C=O) groups excluding carboxylic acids is 1. The highest BCUT2D eigenvalue weighted by Crippen LogP contribution is 2.28. The van der Waals surface area contributed by atoms with Gasteiger partial charge in [0.15, 0.2) is 0 Å². The second-order valence-corrected chi connectivity index (χ2v) is 7.80. The molecule has 1 amide bonds. The number of hydrogen-bond donors (Lipinski definition) is 1. The van der Waals surface area contributed by atoms with E-state index in [9.17, 15) is 4.79 Å². The van der Waals surface area contributed by atoms with Crippen molar-refractivity contribution in [3.8, 4) is 27.9 Å². The second kappa shape index (κ2) is 9.65. The van der Waals surface area contributed by atoms with Crippen LogP contribution in [0.4, 0.5) is 5.82 Å². The van der Waals surface area contributed by atoms with Gasteiger partial charge < -0.3 is 14.8 Å². The first-order valence-electron chi connectivity index (χ1n) is 10.4. The third kappa shape index (κ3) is 4.81. The molecule has 2 aromatic carbocycles. The van der Waals surface area contributed by atoms with Crippen LogP contribution in [0.5, 0.6) is 11.5 Å². The maximum absolute atomic E-state index is 12.8. The van der Waals surface area contributed by atoms with Crippen LogP contribution in [0.1, 0.15) is 29.9 Å². The zero-order valence-corrected chi connectivity index (χ0v) is 19.0. The Morgan fingerprint density at radius 1 is 1.00 bits per heavy atom. The van der Waals surface area contributed by atoms with Crippen LogP contribution in [0.2, 0.25) is 0 Å². The first-order chi connectivity index (χ1) is 15.6. The molecule has 4 aromatic rings. The number of thiazole rings is 1. The third-order valence-corrected chi connectivity index (χ3v) is 5.45. The fraction of sp³-hybridized carbons (Fsp3) is 0.208. The molecular weight excluding hydrogens is 424 g/mol. The van der Waals surface area contributed by atoms with Crippen molar-refractivity contribution in [1.29, 1.82) is 0 Å². The Labute approximate surface area is 190 Å². The first-order valence-corrected chi connectivity index (χ1v) is 11.3. The van der Waals surface area contributed by atoms with Crippen molar-refractivity contribution >= 4 is 23.1 Å². The number of anilines is 1. The van der Waals surface area contributed by atoms with Crippen molar-refractivity contribution in [2.45, 2.75) is 20.8 Å². The number of amides is 1. The van der Waals surface area contributed by atoms with Crippen LogP contribution in [0.15, 0.2) is 60.0 Å². The van der Waals surface area contributed by atoms with Gasteiger partial charge in [-0.25, -0.2) is 4.98 Å². The molecule has 1 N–H and O–H groups in total. The Morgan fingerprint density at radius 3 is 2.25 bits per heavy atom. The Bertz CT molecular complexity index is 1200. The summed E-state index contributed by atoms with van der Waals surface area (Å²) >= 11 is 1.46. The number of hydrogen-bond acceptors (Lipinski definition) is 6. The number of aryl methyl sites for hydroxylation is 1. The molecule has 0 spiro atoms. The molecule has 0 bridgehead atoms. The fourth-order valence-electron chi connectivity index (χ4n) is 3.17. The Morgan fingerprint density at radius 2 is 1.62 bits per heavy atom. The minimum Gasteiger partial charge on any atom is -0.494 e. The molecule has 4 rings (SSSR count). The second-order valence-electron chi connectivity index (χ2n) is 6.97. The highest BCUT2D eigenvalue weighted by atomic mass is 32.1. The van der Waals surface area contributed by atoms with Gasteiger partial charge in [0.1, 0.15) is 17.3 Å². The zero-order chi connectivity index (χ0) is 22.5. The van der Waals surface area contributed by atoms with Gasteiger partial charge in [0.2, 0.25) is 5.13 Å². The lowest BCUT2D eigenvalue weighted by Crippen LogP contribution is -2.15. The molecule has 0 radical (unpaired) electrons. The summed E-state index contributed by atoms with van der Waals surface area (Å²) in [4.78, 5) is 17.5. The summed E-state index contributed by atoms with van der Waals surface area (Å²) in [5, 5.41) is 10.1. The van der Waals surface area contributed by atoms with Crippen LogP contribution in [0, 0.1) is 6.92 Å². The monoisotopic (exact) mass is 448 g/mol. The minimum absolute atomic E-state index is 0.225. The van der Waals surface area contributed by atoms with E-state index < -0.39 is 0 Å². The van der Waals surface area contributed by atoms with E-state index in [0.29, 0.717) is 29.7 Å². The summed E-state index contributed by atoms with van der Waals surface area (Å²) in [6, 6.07) is 16.7. The molecule has 0 saturated carbocycles. The van der Waals surface area contributed by atoms with Gasteiger partial charge in [-0.15, -0.1) is 11.3 Å². The van der Waals surface area contributed by atoms with E-state index in [0.717, 1.165) is 28.5 Å². The fourth-order valence-corrected chi connectivity index (χ4v) is 3.97. The molecule has 0 aliphatic heterocycles. The molecule has 0 saturated heterocycles. The van der Waals surface area contributed by atoms with E-state index in [2.05, 4.69) is 10.4 Å². The Hall–Kier alpha value is -3.65. The van der Waals surface area contributed by atoms with Gasteiger partial charge >= 0.3 is 0 Å². The Balaban J connectivity index is 1.54. The van der Waals surface area contributed by atoms with Crippen molar-refractivity contribution in [1.82, 2.24) is 14.8 Å². The van der Waals surface area contributed by atoms with Gasteiger partial charge in [-0.1, -0.05) is 0 Å². The molecule has 164 valence electrons. The summed E-state index contributed by atoms with van der Waals surface area (Å²) in [6.45, 7) is 6.97. The van der Waals surface area contributed by atoms with E-state index in [1.54, 1.807) is 28.9 Å². The average Bonchev–Trinajstić information content (AvgIpc) is 3.42. The summed E-state index contributed by atoms with van der Waals surface area (Å²) in [5.41, 5.74) is 3.14. The maximum Gasteiger partial charge on any atom is 0.256 e. The minimum atomic E-state index is -0.225. The topological polar surface area (TPSA) is 78.3 Å². The quantitative estimate of drug-likeness (QED) is 0.393. The number of aromatic nitrogens is 3. The van der Waals surface area contributed by atoms with Crippen LogP contribution in [-0.4, -0.2) is 33.9 Å². The average molecular weight is 449 g/mol. The molecule has 0 fully saturated rings. The molecule has 7 nitrogen and oxygen atoms in total. The van der Waals surface area contributed by atoms with Crippen molar-refractivity contribution in [2.75, 3.05) is 18.5 Å². The van der Waals surface area contributed by atoms with Gasteiger partial charge in [0.05, 0.1) is 24.6 Å². The van der Waals surface area contributed by atoms with E-state index in [-0.39, 0.29) is 5.91 Å². The summed E-state index contributed by atoms with van der Waals surface area (Å²) in [7, 11) is 0. The summed E-state index contributed by atoms with van der Waals surface area (Å²) in [5.74, 6) is 1.90. The molecule has 2 aromatic heterocycles. The SMILES string of the molecule is CCOc1ccc(C(=O)Nc2cc(C)nn2-c2nc(-c3ccc(OCC)cc3)cs2)cc1. The van der Waals surface area contributed by atoms with E-state index in [4.69, 9.17) is 14.5 Å². The van der Waals surface area contributed by atoms with Crippen LogP contribution in [-0.2, 0) is 0 Å². The molecule has 0 unspecified atom stereocenters. The van der Waals surface area contributed by atoms with E-state index >= 15 is 0 Å². The van der Waals surface area contributed by atoms with Crippen LogP contribution in [0.25, 0.3) is 16.4 Å².